The Morgan fingerprint density at radius 2 is 1.91 bits per heavy atom. The van der Waals surface area contributed by atoms with E-state index >= 15 is 0 Å². The maximum absolute atomic E-state index is 13.3. The summed E-state index contributed by atoms with van der Waals surface area (Å²) in [6, 6.07) is 10.3. The van der Waals surface area contributed by atoms with E-state index in [0.717, 1.165) is 37.2 Å². The van der Waals surface area contributed by atoms with Gasteiger partial charge < -0.3 is 9.64 Å². The van der Waals surface area contributed by atoms with Crippen LogP contribution in [0.25, 0.3) is 5.65 Å². The Labute approximate surface area is 263 Å². The molecule has 4 aromatic rings. The number of ether oxygens (including phenoxy) is 1. The van der Waals surface area contributed by atoms with Crippen LogP contribution in [0.4, 0.5) is 5.95 Å². The van der Waals surface area contributed by atoms with Gasteiger partial charge in [0.2, 0.25) is 5.95 Å². The third kappa shape index (κ3) is 5.45. The van der Waals surface area contributed by atoms with Crippen LogP contribution in [0.15, 0.2) is 58.7 Å². The number of benzene rings is 1. The second-order valence-electron chi connectivity index (χ2n) is 12.2. The normalized spacial score (nSPS) is 18.7. The van der Waals surface area contributed by atoms with Gasteiger partial charge in [-0.2, -0.15) is 0 Å². The molecule has 2 aliphatic rings. The molecule has 0 radical (unpaired) electrons. The van der Waals surface area contributed by atoms with Crippen molar-refractivity contribution in [3.63, 3.8) is 0 Å². The molecule has 226 valence electrons. The van der Waals surface area contributed by atoms with Crippen LogP contribution in [0.5, 0.6) is 0 Å². The Morgan fingerprint density at radius 3 is 2.63 bits per heavy atom. The molecule has 1 aliphatic heterocycles. The van der Waals surface area contributed by atoms with Crippen molar-refractivity contribution in [1.82, 2.24) is 24.1 Å². The number of halogens is 1. The first kappa shape index (κ1) is 30.1. The molecule has 12 heteroatoms. The van der Waals surface area contributed by atoms with E-state index in [2.05, 4.69) is 43.9 Å². The largest absolute Gasteiger partial charge is 0.464 e. The van der Waals surface area contributed by atoms with E-state index in [4.69, 9.17) is 21.3 Å². The number of nitrogens with one attached hydrogen (secondary N) is 1. The lowest BCUT2D eigenvalue weighted by Crippen LogP contribution is -2.48. The van der Waals surface area contributed by atoms with Gasteiger partial charge in [-0.05, 0) is 69.6 Å². The molecular weight excluding hydrogens is 604 g/mol. The summed E-state index contributed by atoms with van der Waals surface area (Å²) >= 11 is 7.90. The van der Waals surface area contributed by atoms with Crippen molar-refractivity contribution in [2.24, 2.45) is 5.41 Å². The van der Waals surface area contributed by atoms with Crippen molar-refractivity contribution in [3.05, 3.63) is 76.5 Å². The summed E-state index contributed by atoms with van der Waals surface area (Å²) in [5, 5.41) is 0.520. The smallest absolute Gasteiger partial charge is 0.358 e. The van der Waals surface area contributed by atoms with Gasteiger partial charge in [0, 0.05) is 36.6 Å². The number of imidazole rings is 1. The van der Waals surface area contributed by atoms with Crippen molar-refractivity contribution < 1.29 is 13.7 Å². The van der Waals surface area contributed by atoms with Gasteiger partial charge in [0.05, 0.1) is 44.5 Å². The second-order valence-corrected chi connectivity index (χ2v) is 15.6. The van der Waals surface area contributed by atoms with Crippen molar-refractivity contribution in [2.45, 2.75) is 67.5 Å². The Hall–Kier alpha value is -2.99. The fourth-order valence-corrected chi connectivity index (χ4v) is 8.31. The molecule has 0 bridgehead atoms. The van der Waals surface area contributed by atoms with E-state index < -0.39 is 17.0 Å². The minimum atomic E-state index is -1.21. The number of hydrogen-bond acceptors (Lipinski definition) is 8. The minimum Gasteiger partial charge on any atom is -0.464 e. The molecule has 6 rings (SSSR count). The van der Waals surface area contributed by atoms with Crippen molar-refractivity contribution >= 4 is 51.9 Å². The van der Waals surface area contributed by atoms with Crippen molar-refractivity contribution in [2.75, 3.05) is 25.1 Å². The zero-order chi connectivity index (χ0) is 30.5. The summed E-state index contributed by atoms with van der Waals surface area (Å²) in [6.45, 7) is 9.28. The number of anilines is 1. The molecule has 9 nitrogen and oxygen atoms in total. The van der Waals surface area contributed by atoms with Crippen LogP contribution in [0.1, 0.15) is 67.0 Å². The molecule has 1 aliphatic carbocycles. The molecule has 1 N–H and O–H groups in total. The molecule has 1 fully saturated rings. The number of piperidine rings is 1. The average molecular weight is 639 g/mol. The van der Waals surface area contributed by atoms with Crippen LogP contribution in [0.3, 0.4) is 0 Å². The van der Waals surface area contributed by atoms with E-state index in [0.29, 0.717) is 27.2 Å². The maximum atomic E-state index is 13.3. The number of pyridine rings is 1. The molecule has 0 unspecified atom stereocenters. The molecule has 1 spiro atoms. The zero-order valence-electron chi connectivity index (χ0n) is 24.9. The predicted octanol–water partition coefficient (Wildman–Crippen LogP) is 5.96. The van der Waals surface area contributed by atoms with Crippen molar-refractivity contribution in [1.29, 1.82) is 0 Å². The van der Waals surface area contributed by atoms with Crippen LogP contribution in [-0.2, 0) is 22.1 Å². The zero-order valence-corrected chi connectivity index (χ0v) is 27.3. The van der Waals surface area contributed by atoms with Gasteiger partial charge in [-0.15, -0.1) is 0 Å². The number of nitrogens with zero attached hydrogens (tertiary/aromatic N) is 5. The molecule has 0 amide bonds. The van der Waals surface area contributed by atoms with Gasteiger partial charge in [-0.25, -0.2) is 23.7 Å². The highest BCUT2D eigenvalue weighted by atomic mass is 35.5. The number of methoxy groups -OCH3 is 1. The minimum absolute atomic E-state index is 0.00916. The van der Waals surface area contributed by atoms with Gasteiger partial charge in [-0.1, -0.05) is 47.6 Å². The summed E-state index contributed by atoms with van der Waals surface area (Å²) in [5.41, 5.74) is 3.98. The lowest BCUT2D eigenvalue weighted by Gasteiger charge is -2.44. The lowest BCUT2D eigenvalue weighted by atomic mass is 9.73. The Kier molecular flexibility index (Phi) is 8.04. The fourth-order valence-electron chi connectivity index (χ4n) is 6.09. The molecular formula is C31H35ClN6O3S2. The number of esters is 1. The molecule has 1 aromatic carbocycles. The van der Waals surface area contributed by atoms with Gasteiger partial charge in [0.1, 0.15) is 0 Å². The Bertz CT molecular complexity index is 1730. The summed E-state index contributed by atoms with van der Waals surface area (Å²) in [7, 11) is 0.148. The van der Waals surface area contributed by atoms with Gasteiger partial charge >= 0.3 is 5.97 Å². The number of fused-ring (bicyclic) bond motifs is 2. The highest BCUT2D eigenvalue weighted by molar-refractivity contribution is 7.99. The molecule has 2 atom stereocenters. The summed E-state index contributed by atoms with van der Waals surface area (Å²) in [4.78, 5) is 30.4. The summed E-state index contributed by atoms with van der Waals surface area (Å²) in [6.07, 6.45) is 7.94. The molecule has 43 heavy (non-hydrogen) atoms. The van der Waals surface area contributed by atoms with E-state index in [9.17, 15) is 9.00 Å². The SMILES string of the molecule is COC(=O)c1nc(N2CCC3(CC2)Cc2ccccc2[C@H]3N[S@](=O)C(C)(C)C)n2ccnc2c1Sc1ccnc(C)c1Cl. The quantitative estimate of drug-likeness (QED) is 0.258. The number of aryl methyl sites for hydroxylation is 1. The molecule has 0 saturated carbocycles. The third-order valence-electron chi connectivity index (χ3n) is 8.45. The van der Waals surface area contributed by atoms with Crippen LogP contribution < -0.4 is 9.62 Å². The van der Waals surface area contributed by atoms with Crippen LogP contribution in [-0.4, -0.2) is 54.5 Å². The number of hydrogen-bond donors (Lipinski definition) is 1. The average Bonchev–Trinajstić information content (AvgIpc) is 3.59. The Morgan fingerprint density at radius 1 is 1.16 bits per heavy atom. The first-order chi connectivity index (χ1) is 20.5. The highest BCUT2D eigenvalue weighted by Gasteiger charge is 2.49. The predicted molar refractivity (Wildman–Crippen MR) is 170 cm³/mol. The fraction of sp³-hybridized carbons (Fsp3) is 0.419. The van der Waals surface area contributed by atoms with Gasteiger partial charge in [0.25, 0.3) is 0 Å². The molecule has 4 heterocycles. The second kappa shape index (κ2) is 11.5. The lowest BCUT2D eigenvalue weighted by molar-refractivity contribution is 0.0589. The van der Waals surface area contributed by atoms with Crippen LogP contribution in [0.2, 0.25) is 5.02 Å². The molecule has 3 aromatic heterocycles. The highest BCUT2D eigenvalue weighted by Crippen LogP contribution is 2.52. The third-order valence-corrected chi connectivity index (χ3v) is 11.7. The van der Waals surface area contributed by atoms with E-state index in [-0.39, 0.29) is 21.9 Å². The number of carbonyl (C=O) groups excluding carboxylic acids is 1. The Balaban J connectivity index is 1.34. The first-order valence-electron chi connectivity index (χ1n) is 14.3. The number of rotatable bonds is 6. The van der Waals surface area contributed by atoms with E-state index in [1.807, 2.05) is 44.4 Å². The summed E-state index contributed by atoms with van der Waals surface area (Å²) < 4.78 is 23.6. The van der Waals surface area contributed by atoms with E-state index in [1.165, 1.54) is 30.0 Å². The monoisotopic (exact) mass is 638 g/mol. The number of aromatic nitrogens is 4. The number of carbonyl (C=O) groups is 1. The molecule has 1 saturated heterocycles. The maximum Gasteiger partial charge on any atom is 0.358 e. The van der Waals surface area contributed by atoms with E-state index in [1.54, 1.807) is 12.4 Å². The standard InChI is InChI=1S/C31H35ClN6O3S2/c1-19-23(32)22(10-13-33-19)42-25-24(28(39)41-5)35-29(38-17-14-34-27(25)38)37-15-11-31(12-16-37)18-20-8-6-7-9-21(20)26(31)36-43(40)30(2,3)4/h6-10,13-14,17,26,36H,11-12,15-16,18H2,1-5H3/t26-,43-/m1/s1. The van der Waals surface area contributed by atoms with Crippen LogP contribution >= 0.6 is 23.4 Å². The summed E-state index contributed by atoms with van der Waals surface area (Å²) in [5.74, 6) is 0.104. The topological polar surface area (TPSA) is 102 Å². The van der Waals surface area contributed by atoms with Crippen LogP contribution in [0, 0.1) is 12.3 Å². The van der Waals surface area contributed by atoms with Gasteiger partial charge in [0.15, 0.2) is 11.3 Å². The van der Waals surface area contributed by atoms with Crippen molar-refractivity contribution in [3.8, 4) is 0 Å². The first-order valence-corrected chi connectivity index (χ1v) is 16.6. The van der Waals surface area contributed by atoms with Gasteiger partial charge in [-0.3, -0.25) is 9.38 Å².